The van der Waals surface area contributed by atoms with E-state index >= 15 is 0 Å². The van der Waals surface area contributed by atoms with E-state index in [1.165, 1.54) is 141 Å². The van der Waals surface area contributed by atoms with E-state index in [1.807, 2.05) is 0 Å². The highest BCUT2D eigenvalue weighted by Crippen LogP contribution is 2.49. The SMILES string of the molecule is C=C(C)C(=O)OCCCCCCCCCCC(CCCCCCCC)(CCCCCCCCCCCC)C(OC)(OC)OC. The lowest BCUT2D eigenvalue weighted by atomic mass is 9.71. The van der Waals surface area contributed by atoms with Crippen molar-refractivity contribution in [3.8, 4) is 0 Å². The van der Waals surface area contributed by atoms with E-state index in [9.17, 15) is 4.79 Å². The van der Waals surface area contributed by atoms with Crippen LogP contribution in [0.25, 0.3) is 0 Å². The molecular formula is C39H76O5. The lowest BCUT2D eigenvalue weighted by Gasteiger charge is -2.47. The number of rotatable bonds is 34. The molecule has 262 valence electrons. The fourth-order valence-corrected chi connectivity index (χ4v) is 6.84. The summed E-state index contributed by atoms with van der Waals surface area (Å²) in [6.07, 6.45) is 34.0. The molecule has 0 saturated carbocycles. The van der Waals surface area contributed by atoms with Gasteiger partial charge in [-0.05, 0) is 32.6 Å². The molecule has 0 N–H and O–H groups in total. The first-order chi connectivity index (χ1) is 21.4. The smallest absolute Gasteiger partial charge is 0.333 e. The van der Waals surface area contributed by atoms with Gasteiger partial charge in [0.2, 0.25) is 0 Å². The van der Waals surface area contributed by atoms with Crippen LogP contribution < -0.4 is 0 Å². The molecule has 0 aromatic heterocycles. The van der Waals surface area contributed by atoms with Crippen LogP contribution in [0.3, 0.4) is 0 Å². The van der Waals surface area contributed by atoms with Gasteiger partial charge in [-0.1, -0.05) is 168 Å². The van der Waals surface area contributed by atoms with Crippen LogP contribution in [0.15, 0.2) is 12.2 Å². The van der Waals surface area contributed by atoms with Crippen molar-refractivity contribution >= 4 is 5.97 Å². The molecule has 1 unspecified atom stereocenters. The molecule has 0 amide bonds. The molecule has 0 aliphatic heterocycles. The molecule has 0 radical (unpaired) electrons. The maximum Gasteiger partial charge on any atom is 0.333 e. The summed E-state index contributed by atoms with van der Waals surface area (Å²) in [5.74, 6) is -1.26. The minimum Gasteiger partial charge on any atom is -0.462 e. The summed E-state index contributed by atoms with van der Waals surface area (Å²) in [7, 11) is 5.29. The zero-order valence-electron chi connectivity index (χ0n) is 30.5. The molecule has 0 aliphatic rings. The molecule has 0 bridgehead atoms. The number of esters is 1. The zero-order chi connectivity index (χ0) is 32.8. The molecule has 0 spiro atoms. The van der Waals surface area contributed by atoms with E-state index < -0.39 is 5.97 Å². The molecule has 0 aliphatic carbocycles. The van der Waals surface area contributed by atoms with Gasteiger partial charge in [0.1, 0.15) is 0 Å². The normalized spacial score (nSPS) is 13.2. The number of hydrogen-bond acceptors (Lipinski definition) is 5. The van der Waals surface area contributed by atoms with Gasteiger partial charge in [-0.15, -0.1) is 0 Å². The molecule has 0 aromatic carbocycles. The first-order valence-electron chi connectivity index (χ1n) is 18.9. The van der Waals surface area contributed by atoms with Crippen molar-refractivity contribution in [2.24, 2.45) is 5.41 Å². The Morgan fingerprint density at radius 1 is 0.500 bits per heavy atom. The van der Waals surface area contributed by atoms with Crippen LogP contribution in [0.5, 0.6) is 0 Å². The Bertz CT molecular complexity index is 651. The van der Waals surface area contributed by atoms with Gasteiger partial charge >= 0.3 is 5.97 Å². The second kappa shape index (κ2) is 29.5. The quantitative estimate of drug-likeness (QED) is 0.0308. The van der Waals surface area contributed by atoms with Gasteiger partial charge < -0.3 is 18.9 Å². The fraction of sp³-hybridized carbons (Fsp3) is 0.923. The van der Waals surface area contributed by atoms with Crippen molar-refractivity contribution in [2.45, 2.75) is 200 Å². The van der Waals surface area contributed by atoms with Gasteiger partial charge in [-0.25, -0.2) is 4.79 Å². The Balaban J connectivity index is 4.90. The summed E-state index contributed by atoms with van der Waals surface area (Å²) in [6, 6.07) is 0. The van der Waals surface area contributed by atoms with Crippen LogP contribution in [0.1, 0.15) is 194 Å². The molecule has 0 saturated heterocycles. The van der Waals surface area contributed by atoms with Crippen LogP contribution in [0, 0.1) is 5.41 Å². The molecular weight excluding hydrogens is 548 g/mol. The van der Waals surface area contributed by atoms with Gasteiger partial charge in [-0.2, -0.15) is 0 Å². The summed E-state index contributed by atoms with van der Waals surface area (Å²) in [4.78, 5) is 11.5. The van der Waals surface area contributed by atoms with Gasteiger partial charge in [0.25, 0.3) is 5.97 Å². The van der Waals surface area contributed by atoms with E-state index in [4.69, 9.17) is 18.9 Å². The van der Waals surface area contributed by atoms with E-state index in [-0.39, 0.29) is 11.4 Å². The topological polar surface area (TPSA) is 54.0 Å². The van der Waals surface area contributed by atoms with Gasteiger partial charge in [0.15, 0.2) is 0 Å². The minimum absolute atomic E-state index is 0.128. The standard InChI is InChI=1S/C39H76O5/c1-8-10-12-14-16-17-18-21-25-29-33-38(39(41-5,42-6)43-7,32-28-24-15-13-11-9-2)34-30-26-22-19-20-23-27-31-35-44-37(40)36(3)4/h3,8-35H2,1-2,4-7H3. The van der Waals surface area contributed by atoms with Gasteiger partial charge in [-0.3, -0.25) is 0 Å². The van der Waals surface area contributed by atoms with Crippen molar-refractivity contribution < 1.29 is 23.7 Å². The molecule has 0 heterocycles. The van der Waals surface area contributed by atoms with Crippen LogP contribution in [-0.4, -0.2) is 39.9 Å². The summed E-state index contributed by atoms with van der Waals surface area (Å²) in [6.45, 7) is 10.4. The average molecular weight is 625 g/mol. The number of ether oxygens (including phenoxy) is 4. The predicted molar refractivity (Wildman–Crippen MR) is 188 cm³/mol. The number of unbranched alkanes of at least 4 members (excludes halogenated alkanes) is 21. The van der Waals surface area contributed by atoms with E-state index in [0.29, 0.717) is 12.2 Å². The number of hydrogen-bond donors (Lipinski definition) is 0. The molecule has 1 atom stereocenters. The molecule has 0 fully saturated rings. The Hall–Kier alpha value is -0.910. The number of methoxy groups -OCH3 is 3. The van der Waals surface area contributed by atoms with Gasteiger partial charge in [0.05, 0.1) is 12.0 Å². The highest BCUT2D eigenvalue weighted by Gasteiger charge is 2.52. The molecule has 0 aromatic rings. The number of carbonyl (C=O) groups excluding carboxylic acids is 1. The van der Waals surface area contributed by atoms with Crippen LogP contribution in [-0.2, 0) is 23.7 Å². The summed E-state index contributed by atoms with van der Waals surface area (Å²) in [5, 5.41) is 0. The second-order valence-corrected chi connectivity index (χ2v) is 13.4. The second-order valence-electron chi connectivity index (χ2n) is 13.4. The maximum absolute atomic E-state index is 11.5. The Kier molecular flexibility index (Phi) is 28.9. The highest BCUT2D eigenvalue weighted by molar-refractivity contribution is 5.86. The monoisotopic (exact) mass is 625 g/mol. The third-order valence-electron chi connectivity index (χ3n) is 9.60. The van der Waals surface area contributed by atoms with Crippen LogP contribution >= 0.6 is 0 Å². The molecule has 5 heteroatoms. The molecule has 44 heavy (non-hydrogen) atoms. The largest absolute Gasteiger partial charge is 0.462 e. The van der Waals surface area contributed by atoms with Gasteiger partial charge in [0, 0.05) is 26.9 Å². The van der Waals surface area contributed by atoms with E-state index in [0.717, 1.165) is 32.1 Å². The van der Waals surface area contributed by atoms with Crippen LogP contribution in [0.2, 0.25) is 0 Å². The maximum atomic E-state index is 11.5. The third kappa shape index (κ3) is 19.6. The van der Waals surface area contributed by atoms with E-state index in [2.05, 4.69) is 20.4 Å². The van der Waals surface area contributed by atoms with Crippen LogP contribution in [0.4, 0.5) is 0 Å². The predicted octanol–water partition coefficient (Wildman–Crippen LogP) is 12.3. The Morgan fingerprint density at radius 3 is 1.09 bits per heavy atom. The Morgan fingerprint density at radius 2 is 0.795 bits per heavy atom. The van der Waals surface area contributed by atoms with Crippen molar-refractivity contribution in [1.82, 2.24) is 0 Å². The minimum atomic E-state index is -0.983. The number of carbonyl (C=O) groups is 1. The van der Waals surface area contributed by atoms with Crippen molar-refractivity contribution in [3.05, 3.63) is 12.2 Å². The molecule has 5 nitrogen and oxygen atoms in total. The zero-order valence-corrected chi connectivity index (χ0v) is 30.5. The fourth-order valence-electron chi connectivity index (χ4n) is 6.84. The van der Waals surface area contributed by atoms with Crippen molar-refractivity contribution in [3.63, 3.8) is 0 Å². The molecule has 0 rings (SSSR count). The first kappa shape index (κ1) is 43.1. The lowest BCUT2D eigenvalue weighted by Crippen LogP contribution is -2.53. The first-order valence-corrected chi connectivity index (χ1v) is 18.9. The summed E-state index contributed by atoms with van der Waals surface area (Å²) >= 11 is 0. The lowest BCUT2D eigenvalue weighted by molar-refractivity contribution is -0.411. The third-order valence-corrected chi connectivity index (χ3v) is 9.60. The highest BCUT2D eigenvalue weighted by atomic mass is 16.9. The average Bonchev–Trinajstić information content (AvgIpc) is 3.03. The Labute approximate surface area is 275 Å². The van der Waals surface area contributed by atoms with E-state index in [1.54, 1.807) is 28.3 Å². The summed E-state index contributed by atoms with van der Waals surface area (Å²) in [5.41, 5.74) is 0.348. The summed E-state index contributed by atoms with van der Waals surface area (Å²) < 4.78 is 23.6. The van der Waals surface area contributed by atoms with Crippen molar-refractivity contribution in [2.75, 3.05) is 27.9 Å². The van der Waals surface area contributed by atoms with Crippen molar-refractivity contribution in [1.29, 1.82) is 0 Å².